The van der Waals surface area contributed by atoms with Crippen LogP contribution in [0.25, 0.3) is 0 Å². The Hall–Kier alpha value is -2.03. The number of carbonyl (C=O) groups excluding carboxylic acids is 1. The molecule has 1 aliphatic heterocycles. The third-order valence-corrected chi connectivity index (χ3v) is 4.26. The van der Waals surface area contributed by atoms with Gasteiger partial charge in [-0.3, -0.25) is 0 Å². The number of benzene rings is 1. The molecule has 2 unspecified atom stereocenters. The highest BCUT2D eigenvalue weighted by Crippen LogP contribution is 2.44. The molecule has 0 bridgehead atoms. The van der Waals surface area contributed by atoms with Crippen molar-refractivity contribution in [2.24, 2.45) is 0 Å². The summed E-state index contributed by atoms with van der Waals surface area (Å²) in [6.07, 6.45) is -3.95. The Balaban J connectivity index is 2.05. The lowest BCUT2D eigenvalue weighted by atomic mass is 9.96. The van der Waals surface area contributed by atoms with E-state index in [0.717, 1.165) is 10.7 Å². The third-order valence-electron chi connectivity index (χ3n) is 3.73. The first kappa shape index (κ1) is 15.9. The summed E-state index contributed by atoms with van der Waals surface area (Å²) in [5, 5.41) is 17.5. The van der Waals surface area contributed by atoms with Crippen molar-refractivity contribution < 1.29 is 23.1 Å². The van der Waals surface area contributed by atoms with Crippen molar-refractivity contribution in [2.45, 2.75) is 24.7 Å². The number of carboxylic acid groups (broad SMARTS) is 1. The molecule has 1 aliphatic rings. The first-order valence-electron chi connectivity index (χ1n) is 6.65. The quantitative estimate of drug-likeness (QED) is 0.858. The van der Waals surface area contributed by atoms with E-state index in [0.29, 0.717) is 10.2 Å². The second kappa shape index (κ2) is 5.55. The first-order valence-corrected chi connectivity index (χ1v) is 7.44. The summed E-state index contributed by atoms with van der Waals surface area (Å²) in [6, 6.07) is 4.20. The Morgan fingerprint density at radius 3 is 2.57 bits per heavy atom. The van der Waals surface area contributed by atoms with E-state index < -0.39 is 24.2 Å². The predicted octanol–water partition coefficient (Wildman–Crippen LogP) is 2.67. The first-order chi connectivity index (χ1) is 10.8. The molecule has 0 amide bonds. The number of aromatic nitrogens is 2. The summed E-state index contributed by atoms with van der Waals surface area (Å²) in [5.74, 6) is -1.76. The van der Waals surface area contributed by atoms with Gasteiger partial charge in [0.1, 0.15) is 5.82 Å². The number of anilines is 1. The molecule has 0 saturated heterocycles. The van der Waals surface area contributed by atoms with E-state index in [4.69, 9.17) is 0 Å². The molecular weight excluding hydrogens is 379 g/mol. The molecule has 0 radical (unpaired) electrons. The van der Waals surface area contributed by atoms with E-state index in [-0.39, 0.29) is 17.8 Å². The molecular formula is C14H10BrF3N3O2-. The minimum Gasteiger partial charge on any atom is -0.545 e. The van der Waals surface area contributed by atoms with E-state index in [2.05, 4.69) is 26.3 Å². The highest BCUT2D eigenvalue weighted by Gasteiger charge is 2.46. The van der Waals surface area contributed by atoms with Crippen LogP contribution in [0.2, 0.25) is 0 Å². The summed E-state index contributed by atoms with van der Waals surface area (Å²) in [6.45, 7) is 0. The number of hydrogen-bond donors (Lipinski definition) is 1. The van der Waals surface area contributed by atoms with Gasteiger partial charge in [0, 0.05) is 10.9 Å². The highest BCUT2D eigenvalue weighted by molar-refractivity contribution is 9.10. The Morgan fingerprint density at radius 1 is 1.35 bits per heavy atom. The molecule has 2 atom stereocenters. The standard InChI is InChI=1S/C14H11BrF3N3O2/c15-8-3-1-7(2-4-8)10-5-11(14(16,17)18)21-12(20-10)9(6-19-21)13(22)23/h1-4,6,10-11,20H,5H2,(H,22,23)/p-1. The maximum atomic E-state index is 13.3. The van der Waals surface area contributed by atoms with Gasteiger partial charge in [-0.2, -0.15) is 18.3 Å². The van der Waals surface area contributed by atoms with Gasteiger partial charge in [0.2, 0.25) is 0 Å². The van der Waals surface area contributed by atoms with E-state index in [1.165, 1.54) is 0 Å². The van der Waals surface area contributed by atoms with Crippen LogP contribution in [0.3, 0.4) is 0 Å². The van der Waals surface area contributed by atoms with Crippen LogP contribution in [-0.2, 0) is 0 Å². The van der Waals surface area contributed by atoms with Crippen LogP contribution in [0, 0.1) is 0 Å². The number of carboxylic acids is 1. The number of alkyl halides is 3. The second-order valence-electron chi connectivity index (χ2n) is 5.18. The molecule has 1 N–H and O–H groups in total. The van der Waals surface area contributed by atoms with Crippen LogP contribution in [0.15, 0.2) is 34.9 Å². The summed E-state index contributed by atoms with van der Waals surface area (Å²) in [4.78, 5) is 11.1. The number of rotatable bonds is 2. The molecule has 9 heteroatoms. The summed E-state index contributed by atoms with van der Waals surface area (Å²) >= 11 is 3.26. The lowest BCUT2D eigenvalue weighted by molar-refractivity contribution is -0.255. The fraction of sp³-hybridized carbons (Fsp3) is 0.286. The van der Waals surface area contributed by atoms with Gasteiger partial charge in [0.05, 0.1) is 23.8 Å². The Labute approximate surface area is 137 Å². The maximum Gasteiger partial charge on any atom is 0.410 e. The van der Waals surface area contributed by atoms with E-state index in [1.807, 2.05) is 0 Å². The second-order valence-corrected chi connectivity index (χ2v) is 6.10. The van der Waals surface area contributed by atoms with Crippen LogP contribution < -0.4 is 10.4 Å². The molecule has 5 nitrogen and oxygen atoms in total. The van der Waals surface area contributed by atoms with E-state index in [1.54, 1.807) is 24.3 Å². The molecule has 1 aromatic heterocycles. The van der Waals surface area contributed by atoms with E-state index >= 15 is 0 Å². The van der Waals surface area contributed by atoms with Crippen molar-refractivity contribution >= 4 is 27.7 Å². The van der Waals surface area contributed by atoms with Crippen molar-refractivity contribution in [1.29, 1.82) is 0 Å². The molecule has 0 saturated carbocycles. The minimum absolute atomic E-state index is 0.188. The summed E-state index contributed by atoms with van der Waals surface area (Å²) < 4.78 is 41.4. The number of hydrogen-bond acceptors (Lipinski definition) is 4. The topological polar surface area (TPSA) is 70.0 Å². The van der Waals surface area contributed by atoms with Crippen molar-refractivity contribution in [3.8, 4) is 0 Å². The Kier molecular flexibility index (Phi) is 3.83. The van der Waals surface area contributed by atoms with Gasteiger partial charge in [-0.05, 0) is 17.7 Å². The zero-order valence-electron chi connectivity index (χ0n) is 11.5. The van der Waals surface area contributed by atoms with Gasteiger partial charge in [0.15, 0.2) is 6.04 Å². The van der Waals surface area contributed by atoms with E-state index in [9.17, 15) is 23.1 Å². The molecule has 122 valence electrons. The third kappa shape index (κ3) is 2.92. The normalized spacial score (nSPS) is 20.7. The zero-order valence-corrected chi connectivity index (χ0v) is 13.1. The largest absolute Gasteiger partial charge is 0.545 e. The van der Waals surface area contributed by atoms with Crippen molar-refractivity contribution in [1.82, 2.24) is 9.78 Å². The molecule has 1 aromatic carbocycles. The van der Waals surface area contributed by atoms with Crippen molar-refractivity contribution in [3.63, 3.8) is 0 Å². The molecule has 0 aliphatic carbocycles. The fourth-order valence-electron chi connectivity index (χ4n) is 2.63. The SMILES string of the molecule is O=C([O-])c1cnn2c1NC(c1ccc(Br)cc1)CC2C(F)(F)F. The molecule has 2 heterocycles. The van der Waals surface area contributed by atoms with Gasteiger partial charge < -0.3 is 15.2 Å². The fourth-order valence-corrected chi connectivity index (χ4v) is 2.89. The van der Waals surface area contributed by atoms with Gasteiger partial charge >= 0.3 is 6.18 Å². The van der Waals surface area contributed by atoms with Crippen molar-refractivity contribution in [2.75, 3.05) is 5.32 Å². The minimum atomic E-state index is -4.54. The van der Waals surface area contributed by atoms with Crippen LogP contribution in [0.5, 0.6) is 0 Å². The predicted molar refractivity (Wildman–Crippen MR) is 76.8 cm³/mol. The average molecular weight is 389 g/mol. The van der Waals surface area contributed by atoms with Gasteiger partial charge in [-0.1, -0.05) is 28.1 Å². The van der Waals surface area contributed by atoms with Gasteiger partial charge in [-0.25, -0.2) is 4.68 Å². The molecule has 0 fully saturated rings. The van der Waals surface area contributed by atoms with Crippen LogP contribution in [0.4, 0.5) is 19.0 Å². The molecule has 23 heavy (non-hydrogen) atoms. The van der Waals surface area contributed by atoms with Gasteiger partial charge in [-0.15, -0.1) is 0 Å². The van der Waals surface area contributed by atoms with Crippen LogP contribution >= 0.6 is 15.9 Å². The lowest BCUT2D eigenvalue weighted by Crippen LogP contribution is -2.36. The van der Waals surface area contributed by atoms with Crippen molar-refractivity contribution in [3.05, 3.63) is 46.1 Å². The summed E-state index contributed by atoms with van der Waals surface area (Å²) in [7, 11) is 0. The Morgan fingerprint density at radius 2 is 2.00 bits per heavy atom. The highest BCUT2D eigenvalue weighted by atomic mass is 79.9. The number of aromatic carboxylic acids is 1. The Bertz CT molecular complexity index is 743. The van der Waals surface area contributed by atoms with Crippen LogP contribution in [-0.4, -0.2) is 21.9 Å². The number of nitrogens with zero attached hydrogens (tertiary/aromatic N) is 2. The molecule has 2 aromatic rings. The average Bonchev–Trinajstić information content (AvgIpc) is 2.89. The lowest BCUT2D eigenvalue weighted by Gasteiger charge is -2.34. The number of carbonyl (C=O) groups is 1. The number of nitrogens with one attached hydrogen (secondary N) is 1. The smallest absolute Gasteiger partial charge is 0.410 e. The summed E-state index contributed by atoms with van der Waals surface area (Å²) in [5.41, 5.74) is 0.236. The number of halogens is 4. The molecule has 3 rings (SSSR count). The monoisotopic (exact) mass is 388 g/mol. The molecule has 0 spiro atoms. The number of fused-ring (bicyclic) bond motifs is 1. The van der Waals surface area contributed by atoms with Gasteiger partial charge in [0.25, 0.3) is 0 Å². The zero-order chi connectivity index (χ0) is 16.8. The van der Waals surface area contributed by atoms with Crippen LogP contribution in [0.1, 0.15) is 34.4 Å². The maximum absolute atomic E-state index is 13.3.